The van der Waals surface area contributed by atoms with Crippen LogP contribution in [0.25, 0.3) is 0 Å². The van der Waals surface area contributed by atoms with Gasteiger partial charge in [0.2, 0.25) is 0 Å². The van der Waals surface area contributed by atoms with Crippen LogP contribution in [0.5, 0.6) is 0 Å². The summed E-state index contributed by atoms with van der Waals surface area (Å²) < 4.78 is 0. The summed E-state index contributed by atoms with van der Waals surface area (Å²) >= 11 is 4.92. The van der Waals surface area contributed by atoms with Crippen molar-refractivity contribution < 1.29 is 5.11 Å². The molecule has 0 amide bonds. The minimum Gasteiger partial charge on any atom is -0.389 e. The molecule has 1 aliphatic heterocycles. The molecule has 3 N–H and O–H groups in total. The number of thiocarbonyl (C=S) groups is 1. The monoisotopic (exact) mass is 279 g/mol. The third kappa shape index (κ3) is 3.98. The molecule has 1 saturated heterocycles. The first-order chi connectivity index (χ1) is 9.06. The molecule has 104 valence electrons. The molecule has 1 unspecified atom stereocenters. The van der Waals surface area contributed by atoms with E-state index in [9.17, 15) is 5.11 Å². The van der Waals surface area contributed by atoms with E-state index < -0.39 is 6.10 Å². The molecule has 0 aromatic heterocycles. The zero-order valence-electron chi connectivity index (χ0n) is 11.2. The van der Waals surface area contributed by atoms with Crippen molar-refractivity contribution in [2.24, 2.45) is 5.73 Å². The largest absolute Gasteiger partial charge is 0.389 e. The number of β-amino-alcohol motifs (C(OH)–C–C–N with tert-alkyl or cyclic N) is 1. The first-order valence-electron chi connectivity index (χ1n) is 6.55. The number of likely N-dealkylation sites (N-methyl/N-ethyl adjacent to an activating group) is 1. The zero-order chi connectivity index (χ0) is 13.8. The van der Waals surface area contributed by atoms with Crippen LogP contribution in [0.3, 0.4) is 0 Å². The summed E-state index contributed by atoms with van der Waals surface area (Å²) in [5.74, 6) is 0. The summed E-state index contributed by atoms with van der Waals surface area (Å²) in [6.45, 7) is 4.83. The van der Waals surface area contributed by atoms with Gasteiger partial charge in [0, 0.05) is 38.3 Å². The molecule has 4 nitrogen and oxygen atoms in total. The van der Waals surface area contributed by atoms with E-state index in [4.69, 9.17) is 18.0 Å². The number of piperazine rings is 1. The maximum absolute atomic E-state index is 10.2. The van der Waals surface area contributed by atoms with Gasteiger partial charge in [-0.15, -0.1) is 0 Å². The Morgan fingerprint density at radius 3 is 2.37 bits per heavy atom. The molecular weight excluding hydrogens is 258 g/mol. The maximum atomic E-state index is 10.2. The molecular formula is C14H21N3OS. The van der Waals surface area contributed by atoms with Gasteiger partial charge in [0.15, 0.2) is 0 Å². The number of hydrogen-bond acceptors (Lipinski definition) is 4. The highest BCUT2D eigenvalue weighted by molar-refractivity contribution is 7.80. The van der Waals surface area contributed by atoms with E-state index in [1.807, 2.05) is 24.3 Å². The molecule has 0 spiro atoms. The smallest absolute Gasteiger partial charge is 0.103 e. The Labute approximate surface area is 119 Å². The summed E-state index contributed by atoms with van der Waals surface area (Å²) in [6.07, 6.45) is -0.455. The number of rotatable bonds is 4. The third-order valence-electron chi connectivity index (χ3n) is 3.61. The number of aliphatic hydroxyl groups is 1. The summed E-state index contributed by atoms with van der Waals surface area (Å²) in [5, 5.41) is 10.2. The number of aliphatic hydroxyl groups excluding tert-OH is 1. The predicted octanol–water partition coefficient (Wildman–Crippen LogP) is 0.602. The Hall–Kier alpha value is -1.01. The van der Waals surface area contributed by atoms with E-state index in [0.29, 0.717) is 11.5 Å². The molecule has 2 rings (SSSR count). The minimum atomic E-state index is -0.455. The maximum Gasteiger partial charge on any atom is 0.103 e. The Bertz CT molecular complexity index is 427. The Kier molecular flexibility index (Phi) is 4.87. The van der Waals surface area contributed by atoms with Gasteiger partial charge in [-0.25, -0.2) is 0 Å². The van der Waals surface area contributed by atoms with Crippen molar-refractivity contribution in [3.8, 4) is 0 Å². The van der Waals surface area contributed by atoms with Crippen LogP contribution in [0.2, 0.25) is 0 Å². The average molecular weight is 279 g/mol. The Balaban J connectivity index is 1.92. The number of benzene rings is 1. The third-order valence-corrected chi connectivity index (χ3v) is 3.84. The molecule has 19 heavy (non-hydrogen) atoms. The van der Waals surface area contributed by atoms with Gasteiger partial charge < -0.3 is 15.7 Å². The van der Waals surface area contributed by atoms with E-state index in [1.54, 1.807) is 0 Å². The van der Waals surface area contributed by atoms with E-state index in [-0.39, 0.29) is 0 Å². The minimum absolute atomic E-state index is 0.389. The van der Waals surface area contributed by atoms with Crippen molar-refractivity contribution in [2.45, 2.75) is 6.10 Å². The van der Waals surface area contributed by atoms with Gasteiger partial charge in [0.1, 0.15) is 4.99 Å². The van der Waals surface area contributed by atoms with Gasteiger partial charge in [-0.3, -0.25) is 4.90 Å². The molecule has 1 aliphatic rings. The van der Waals surface area contributed by atoms with Crippen LogP contribution >= 0.6 is 12.2 Å². The number of nitrogens with zero attached hydrogens (tertiary/aromatic N) is 2. The molecule has 1 heterocycles. The standard InChI is InChI=1S/C14H21N3OS/c1-16-6-8-17(9-7-16)10-13(18)11-2-4-12(5-3-11)14(15)19/h2-5,13,18H,6-10H2,1H3,(H2,15,19). The highest BCUT2D eigenvalue weighted by Gasteiger charge is 2.17. The second kappa shape index (κ2) is 6.43. The van der Waals surface area contributed by atoms with Crippen molar-refractivity contribution in [2.75, 3.05) is 39.8 Å². The second-order valence-electron chi connectivity index (χ2n) is 5.11. The molecule has 1 aromatic rings. The van der Waals surface area contributed by atoms with Gasteiger partial charge in [0.25, 0.3) is 0 Å². The summed E-state index contributed by atoms with van der Waals surface area (Å²) in [4.78, 5) is 4.99. The zero-order valence-corrected chi connectivity index (χ0v) is 12.1. The highest BCUT2D eigenvalue weighted by Crippen LogP contribution is 2.16. The quantitative estimate of drug-likeness (QED) is 0.791. The van der Waals surface area contributed by atoms with Crippen molar-refractivity contribution in [3.05, 3.63) is 35.4 Å². The van der Waals surface area contributed by atoms with Gasteiger partial charge in [-0.1, -0.05) is 36.5 Å². The topological polar surface area (TPSA) is 52.7 Å². The molecule has 1 aromatic carbocycles. The lowest BCUT2D eigenvalue weighted by Gasteiger charge is -2.33. The van der Waals surface area contributed by atoms with Crippen LogP contribution in [0.15, 0.2) is 24.3 Å². The molecule has 1 fully saturated rings. The van der Waals surface area contributed by atoms with Crippen LogP contribution in [0.4, 0.5) is 0 Å². The summed E-state index contributed by atoms with van der Waals surface area (Å²) in [6, 6.07) is 7.53. The lowest BCUT2D eigenvalue weighted by molar-refractivity contribution is 0.0805. The van der Waals surface area contributed by atoms with Gasteiger partial charge >= 0.3 is 0 Å². The average Bonchev–Trinajstić information content (AvgIpc) is 2.41. The van der Waals surface area contributed by atoms with Crippen LogP contribution in [0.1, 0.15) is 17.2 Å². The molecule has 0 bridgehead atoms. The predicted molar refractivity (Wildman–Crippen MR) is 81.2 cm³/mol. The van der Waals surface area contributed by atoms with Crippen molar-refractivity contribution in [3.63, 3.8) is 0 Å². The fourth-order valence-electron chi connectivity index (χ4n) is 2.25. The van der Waals surface area contributed by atoms with Crippen LogP contribution < -0.4 is 5.73 Å². The summed E-state index contributed by atoms with van der Waals surface area (Å²) in [5.41, 5.74) is 7.31. The molecule has 5 heteroatoms. The van der Waals surface area contributed by atoms with Crippen molar-refractivity contribution >= 4 is 17.2 Å². The highest BCUT2D eigenvalue weighted by atomic mass is 32.1. The normalized spacial score (nSPS) is 19.3. The van der Waals surface area contributed by atoms with Gasteiger partial charge in [0.05, 0.1) is 6.10 Å². The van der Waals surface area contributed by atoms with Gasteiger partial charge in [-0.2, -0.15) is 0 Å². The van der Waals surface area contributed by atoms with E-state index in [2.05, 4.69) is 16.8 Å². The fraction of sp³-hybridized carbons (Fsp3) is 0.500. The van der Waals surface area contributed by atoms with Crippen LogP contribution in [0, 0.1) is 0 Å². The molecule has 0 aliphatic carbocycles. The number of nitrogens with two attached hydrogens (primary N) is 1. The first kappa shape index (κ1) is 14.4. The van der Waals surface area contributed by atoms with Crippen LogP contribution in [-0.2, 0) is 0 Å². The Morgan fingerprint density at radius 1 is 1.26 bits per heavy atom. The fourth-order valence-corrected chi connectivity index (χ4v) is 2.39. The van der Waals surface area contributed by atoms with E-state index >= 15 is 0 Å². The number of hydrogen-bond donors (Lipinski definition) is 2. The second-order valence-corrected chi connectivity index (χ2v) is 5.55. The molecule has 1 atom stereocenters. The van der Waals surface area contributed by atoms with Crippen molar-refractivity contribution in [1.82, 2.24) is 9.80 Å². The molecule has 0 radical (unpaired) electrons. The first-order valence-corrected chi connectivity index (χ1v) is 6.96. The van der Waals surface area contributed by atoms with E-state index in [1.165, 1.54) is 0 Å². The summed E-state index contributed by atoms with van der Waals surface area (Å²) in [7, 11) is 2.13. The SMILES string of the molecule is CN1CCN(CC(O)c2ccc(C(N)=S)cc2)CC1. The lowest BCUT2D eigenvalue weighted by atomic mass is 10.1. The van der Waals surface area contributed by atoms with Gasteiger partial charge in [-0.05, 0) is 12.6 Å². The van der Waals surface area contributed by atoms with Crippen molar-refractivity contribution in [1.29, 1.82) is 0 Å². The van der Waals surface area contributed by atoms with Crippen LogP contribution in [-0.4, -0.2) is 59.7 Å². The van der Waals surface area contributed by atoms with E-state index in [0.717, 1.165) is 37.3 Å². The Morgan fingerprint density at radius 2 is 1.84 bits per heavy atom. The lowest BCUT2D eigenvalue weighted by Crippen LogP contribution is -2.45. The molecule has 0 saturated carbocycles.